The predicted octanol–water partition coefficient (Wildman–Crippen LogP) is 3.42. The number of aliphatic carboxylic acids is 1. The third-order valence-electron chi connectivity index (χ3n) is 4.31. The number of aromatic nitrogens is 2. The maximum Gasteiger partial charge on any atom is 0.308 e. The molecule has 0 radical (unpaired) electrons. The van der Waals surface area contributed by atoms with E-state index >= 15 is 0 Å². The first kappa shape index (κ1) is 17.8. The van der Waals surface area contributed by atoms with Crippen molar-refractivity contribution in [3.63, 3.8) is 0 Å². The van der Waals surface area contributed by atoms with Gasteiger partial charge in [-0.05, 0) is 44.0 Å². The van der Waals surface area contributed by atoms with Gasteiger partial charge in [-0.3, -0.25) is 9.59 Å². The molecule has 2 heterocycles. The van der Waals surface area contributed by atoms with Crippen molar-refractivity contribution < 1.29 is 14.7 Å². The molecule has 1 amide bonds. The average molecular weight is 382 g/mol. The molecule has 1 aliphatic heterocycles. The molecule has 8 heteroatoms. The van der Waals surface area contributed by atoms with Crippen LogP contribution in [0.15, 0.2) is 24.3 Å². The van der Waals surface area contributed by atoms with Crippen LogP contribution in [0.5, 0.6) is 0 Å². The fraction of sp³-hybridized carbons (Fsp3) is 0.353. The highest BCUT2D eigenvalue weighted by atomic mass is 35.5. The molecule has 1 atom stereocenters. The number of halogens is 2. The number of aryl methyl sites for hydroxylation is 1. The van der Waals surface area contributed by atoms with Crippen molar-refractivity contribution >= 4 is 35.1 Å². The SMILES string of the molecule is Cc1cc(C(=O)N2CCC[C@H](C(=O)O)C2)nn1-c1ccc(Cl)c(Cl)c1. The molecule has 1 aromatic carbocycles. The number of amides is 1. The Hall–Kier alpha value is -2.05. The Labute approximate surface area is 154 Å². The zero-order valence-electron chi connectivity index (χ0n) is 13.6. The molecule has 2 aromatic rings. The molecule has 1 N–H and O–H groups in total. The molecule has 3 rings (SSSR count). The average Bonchev–Trinajstić information content (AvgIpc) is 2.98. The van der Waals surface area contributed by atoms with Crippen LogP contribution in [0.1, 0.15) is 29.0 Å². The monoisotopic (exact) mass is 381 g/mol. The Morgan fingerprint density at radius 2 is 2.00 bits per heavy atom. The van der Waals surface area contributed by atoms with E-state index < -0.39 is 11.9 Å². The Morgan fingerprint density at radius 1 is 1.24 bits per heavy atom. The number of carboxylic acid groups (broad SMARTS) is 1. The summed E-state index contributed by atoms with van der Waals surface area (Å²) in [5.74, 6) is -1.64. The quantitative estimate of drug-likeness (QED) is 0.883. The minimum absolute atomic E-state index is 0.215. The van der Waals surface area contributed by atoms with Gasteiger partial charge in [0.1, 0.15) is 0 Å². The van der Waals surface area contributed by atoms with E-state index in [1.165, 1.54) is 0 Å². The Morgan fingerprint density at radius 3 is 2.68 bits per heavy atom. The topological polar surface area (TPSA) is 75.4 Å². The summed E-state index contributed by atoms with van der Waals surface area (Å²) >= 11 is 12.0. The van der Waals surface area contributed by atoms with Gasteiger partial charge in [0.2, 0.25) is 0 Å². The van der Waals surface area contributed by atoms with E-state index in [4.69, 9.17) is 23.2 Å². The molecule has 132 valence electrons. The van der Waals surface area contributed by atoms with E-state index in [-0.39, 0.29) is 18.1 Å². The number of rotatable bonds is 3. The lowest BCUT2D eigenvalue weighted by molar-refractivity contribution is -0.143. The van der Waals surface area contributed by atoms with E-state index in [1.807, 2.05) is 6.92 Å². The van der Waals surface area contributed by atoms with Crippen molar-refractivity contribution in [2.75, 3.05) is 13.1 Å². The maximum atomic E-state index is 12.7. The third-order valence-corrected chi connectivity index (χ3v) is 5.05. The number of hydrogen-bond acceptors (Lipinski definition) is 3. The van der Waals surface area contributed by atoms with Crippen molar-refractivity contribution in [2.45, 2.75) is 19.8 Å². The number of likely N-dealkylation sites (tertiary alicyclic amines) is 1. The van der Waals surface area contributed by atoms with Crippen LogP contribution in [-0.2, 0) is 4.79 Å². The smallest absolute Gasteiger partial charge is 0.308 e. The molecule has 6 nitrogen and oxygen atoms in total. The van der Waals surface area contributed by atoms with Gasteiger partial charge >= 0.3 is 5.97 Å². The molecule has 0 unspecified atom stereocenters. The lowest BCUT2D eigenvalue weighted by atomic mass is 9.98. The first-order valence-electron chi connectivity index (χ1n) is 7.91. The molecule has 0 saturated carbocycles. The molecule has 1 fully saturated rings. The Balaban J connectivity index is 1.85. The van der Waals surface area contributed by atoms with Crippen LogP contribution in [-0.4, -0.2) is 44.8 Å². The Bertz CT molecular complexity index is 835. The van der Waals surface area contributed by atoms with Gasteiger partial charge in [0.05, 0.1) is 21.7 Å². The van der Waals surface area contributed by atoms with E-state index in [2.05, 4.69) is 5.10 Å². The zero-order chi connectivity index (χ0) is 18.1. The summed E-state index contributed by atoms with van der Waals surface area (Å²) in [5.41, 5.74) is 1.76. The summed E-state index contributed by atoms with van der Waals surface area (Å²) in [6, 6.07) is 6.81. The minimum atomic E-state index is -0.866. The van der Waals surface area contributed by atoms with Crippen LogP contribution in [0.4, 0.5) is 0 Å². The summed E-state index contributed by atoms with van der Waals surface area (Å²) in [6.07, 6.45) is 1.27. The van der Waals surface area contributed by atoms with Crippen molar-refractivity contribution in [3.8, 4) is 5.69 Å². The lowest BCUT2D eigenvalue weighted by Gasteiger charge is -2.30. The first-order valence-corrected chi connectivity index (χ1v) is 8.66. The number of benzene rings is 1. The highest BCUT2D eigenvalue weighted by molar-refractivity contribution is 6.42. The molecule has 0 spiro atoms. The van der Waals surface area contributed by atoms with Gasteiger partial charge in [0.25, 0.3) is 5.91 Å². The number of nitrogens with zero attached hydrogens (tertiary/aromatic N) is 3. The number of piperidine rings is 1. The van der Waals surface area contributed by atoms with Crippen molar-refractivity contribution in [1.82, 2.24) is 14.7 Å². The van der Waals surface area contributed by atoms with Gasteiger partial charge in [-0.15, -0.1) is 0 Å². The lowest BCUT2D eigenvalue weighted by Crippen LogP contribution is -2.42. The van der Waals surface area contributed by atoms with Gasteiger partial charge in [-0.25, -0.2) is 4.68 Å². The first-order chi connectivity index (χ1) is 11.9. The summed E-state index contributed by atoms with van der Waals surface area (Å²) < 4.78 is 1.62. The molecular weight excluding hydrogens is 365 g/mol. The largest absolute Gasteiger partial charge is 0.481 e. The van der Waals surface area contributed by atoms with Crippen LogP contribution in [0, 0.1) is 12.8 Å². The minimum Gasteiger partial charge on any atom is -0.481 e. The number of hydrogen-bond donors (Lipinski definition) is 1. The molecule has 1 aromatic heterocycles. The summed E-state index contributed by atoms with van der Waals surface area (Å²) in [6.45, 7) is 2.59. The normalized spacial score (nSPS) is 17.6. The van der Waals surface area contributed by atoms with Gasteiger partial charge in [-0.1, -0.05) is 23.2 Å². The van der Waals surface area contributed by atoms with Gasteiger partial charge in [0.15, 0.2) is 5.69 Å². The summed E-state index contributed by atoms with van der Waals surface area (Å²) in [5, 5.41) is 14.4. The third kappa shape index (κ3) is 3.65. The molecule has 0 aliphatic carbocycles. The molecular formula is C17H17Cl2N3O3. The van der Waals surface area contributed by atoms with E-state index in [0.717, 1.165) is 5.69 Å². The van der Waals surface area contributed by atoms with E-state index in [1.54, 1.807) is 33.8 Å². The second kappa shape index (κ2) is 7.06. The highest BCUT2D eigenvalue weighted by Crippen LogP contribution is 2.25. The Kier molecular flexibility index (Phi) is 5.01. The highest BCUT2D eigenvalue weighted by Gasteiger charge is 2.29. The molecule has 0 bridgehead atoms. The zero-order valence-corrected chi connectivity index (χ0v) is 15.1. The fourth-order valence-electron chi connectivity index (χ4n) is 2.98. The molecule has 1 aliphatic rings. The van der Waals surface area contributed by atoms with Crippen LogP contribution >= 0.6 is 23.2 Å². The van der Waals surface area contributed by atoms with Crippen LogP contribution in [0.2, 0.25) is 10.0 Å². The van der Waals surface area contributed by atoms with Crippen LogP contribution in [0.3, 0.4) is 0 Å². The van der Waals surface area contributed by atoms with Crippen LogP contribution in [0.25, 0.3) is 5.69 Å². The predicted molar refractivity (Wildman–Crippen MR) is 94.6 cm³/mol. The second-order valence-electron chi connectivity index (χ2n) is 6.11. The van der Waals surface area contributed by atoms with Gasteiger partial charge in [-0.2, -0.15) is 5.10 Å². The van der Waals surface area contributed by atoms with Crippen molar-refractivity contribution in [1.29, 1.82) is 0 Å². The maximum absolute atomic E-state index is 12.7. The number of carbonyl (C=O) groups excluding carboxylic acids is 1. The van der Waals surface area contributed by atoms with Gasteiger partial charge < -0.3 is 10.0 Å². The van der Waals surface area contributed by atoms with Crippen molar-refractivity contribution in [3.05, 3.63) is 45.7 Å². The molecule has 1 saturated heterocycles. The van der Waals surface area contributed by atoms with E-state index in [9.17, 15) is 14.7 Å². The van der Waals surface area contributed by atoms with Crippen molar-refractivity contribution in [2.24, 2.45) is 5.92 Å². The fourth-order valence-corrected chi connectivity index (χ4v) is 3.27. The van der Waals surface area contributed by atoms with Gasteiger partial charge in [0, 0.05) is 18.8 Å². The number of carbonyl (C=O) groups is 2. The second-order valence-corrected chi connectivity index (χ2v) is 6.92. The standard InChI is InChI=1S/C17H17Cl2N3O3/c1-10-7-15(16(23)21-6-2-3-11(9-21)17(24)25)20-22(10)12-4-5-13(18)14(19)8-12/h4-5,7-8,11H,2-3,6,9H2,1H3,(H,24,25)/t11-/m0/s1. The molecule has 25 heavy (non-hydrogen) atoms. The van der Waals surface area contributed by atoms with Crippen LogP contribution < -0.4 is 0 Å². The summed E-state index contributed by atoms with van der Waals surface area (Å²) in [4.78, 5) is 25.4. The number of carboxylic acids is 1. The summed E-state index contributed by atoms with van der Waals surface area (Å²) in [7, 11) is 0. The van der Waals surface area contributed by atoms with E-state index in [0.29, 0.717) is 35.1 Å².